The van der Waals surface area contributed by atoms with Gasteiger partial charge in [-0.05, 0) is 37.0 Å². The average molecular weight is 518 g/mol. The number of hydrogen-bond acceptors (Lipinski definition) is 8. The fraction of sp³-hybridized carbons (Fsp3) is 0.357. The Balaban J connectivity index is 1.48. The summed E-state index contributed by atoms with van der Waals surface area (Å²) in [5, 5.41) is 9.88. The predicted molar refractivity (Wildman–Crippen MR) is 143 cm³/mol. The van der Waals surface area contributed by atoms with Crippen molar-refractivity contribution in [3.63, 3.8) is 0 Å². The normalized spacial score (nSPS) is 12.4. The van der Waals surface area contributed by atoms with E-state index in [2.05, 4.69) is 35.7 Å². The van der Waals surface area contributed by atoms with E-state index in [0.717, 1.165) is 16.7 Å². The molecule has 0 radical (unpaired) electrons. The van der Waals surface area contributed by atoms with Crippen molar-refractivity contribution in [2.75, 3.05) is 5.32 Å². The van der Waals surface area contributed by atoms with Gasteiger partial charge in [-0.25, -0.2) is 19.3 Å². The molecular formula is C28H32FN7O2. The van der Waals surface area contributed by atoms with Crippen LogP contribution in [0.1, 0.15) is 86.7 Å². The number of rotatable bonds is 7. The highest BCUT2D eigenvalue weighted by Gasteiger charge is 2.25. The summed E-state index contributed by atoms with van der Waals surface area (Å²) in [7, 11) is 0. The lowest BCUT2D eigenvalue weighted by molar-refractivity contribution is 0.0895. The van der Waals surface area contributed by atoms with Crippen molar-refractivity contribution in [3.8, 4) is 11.3 Å². The summed E-state index contributed by atoms with van der Waals surface area (Å²) in [6, 6.07) is 8.71. The Hall–Kier alpha value is -4.21. The topological polar surface area (TPSA) is 119 Å². The maximum Gasteiger partial charge on any atom is 0.315 e. The van der Waals surface area contributed by atoms with Gasteiger partial charge in [-0.3, -0.25) is 4.79 Å². The number of carbonyl (C=O) groups is 1. The van der Waals surface area contributed by atoms with Gasteiger partial charge in [-0.2, -0.15) is 4.98 Å². The molecule has 0 bridgehead atoms. The lowest BCUT2D eigenvalue weighted by atomic mass is 9.96. The van der Waals surface area contributed by atoms with Crippen LogP contribution in [0.3, 0.4) is 0 Å². The first-order valence-electron chi connectivity index (χ1n) is 12.4. The number of aryl methyl sites for hydroxylation is 1. The third kappa shape index (κ3) is 6.01. The fourth-order valence-electron chi connectivity index (χ4n) is 3.93. The molecule has 9 nitrogen and oxygen atoms in total. The van der Waals surface area contributed by atoms with Crippen molar-refractivity contribution < 1.29 is 13.7 Å². The van der Waals surface area contributed by atoms with Crippen molar-refractivity contribution in [2.45, 2.75) is 65.8 Å². The molecule has 1 aromatic carbocycles. The molecule has 38 heavy (non-hydrogen) atoms. The Kier molecular flexibility index (Phi) is 7.52. The third-order valence-electron chi connectivity index (χ3n) is 6.10. The van der Waals surface area contributed by atoms with E-state index < -0.39 is 5.91 Å². The molecule has 0 spiro atoms. The Morgan fingerprint density at radius 1 is 1.00 bits per heavy atom. The number of pyridine rings is 1. The Morgan fingerprint density at radius 3 is 2.37 bits per heavy atom. The van der Waals surface area contributed by atoms with Gasteiger partial charge in [0.1, 0.15) is 23.8 Å². The number of carbonyl (C=O) groups excluding carboxylic acids is 1. The first-order valence-corrected chi connectivity index (χ1v) is 12.4. The third-order valence-corrected chi connectivity index (χ3v) is 6.10. The zero-order valence-corrected chi connectivity index (χ0v) is 22.6. The minimum atomic E-state index is -0.429. The highest BCUT2D eigenvalue weighted by Crippen LogP contribution is 2.27. The van der Waals surface area contributed by atoms with E-state index in [1.54, 1.807) is 6.07 Å². The van der Waals surface area contributed by atoms with Crippen LogP contribution in [0.2, 0.25) is 0 Å². The molecule has 0 aliphatic heterocycles. The van der Waals surface area contributed by atoms with Crippen LogP contribution in [0, 0.1) is 12.7 Å². The first-order chi connectivity index (χ1) is 17.9. The number of hydrogen-bond donors (Lipinski definition) is 2. The van der Waals surface area contributed by atoms with Gasteiger partial charge in [0.05, 0.1) is 11.7 Å². The molecule has 3 aromatic heterocycles. The van der Waals surface area contributed by atoms with Crippen molar-refractivity contribution >= 4 is 17.5 Å². The number of nitrogens with zero attached hydrogens (tertiary/aromatic N) is 5. The van der Waals surface area contributed by atoms with Gasteiger partial charge < -0.3 is 15.2 Å². The quantitative estimate of drug-likeness (QED) is 0.305. The summed E-state index contributed by atoms with van der Waals surface area (Å²) in [6.45, 7) is 13.5. The van der Waals surface area contributed by atoms with E-state index in [-0.39, 0.29) is 29.1 Å². The van der Waals surface area contributed by atoms with E-state index in [1.807, 2.05) is 66.7 Å². The second kappa shape index (κ2) is 10.6. The molecule has 10 heteroatoms. The molecule has 0 aliphatic carbocycles. The molecule has 0 saturated carbocycles. The second-order valence-electron chi connectivity index (χ2n) is 10.6. The molecule has 1 amide bonds. The monoisotopic (exact) mass is 517 g/mol. The van der Waals surface area contributed by atoms with E-state index in [0.29, 0.717) is 28.7 Å². The van der Waals surface area contributed by atoms with E-state index in [9.17, 15) is 9.18 Å². The molecule has 0 saturated heterocycles. The Morgan fingerprint density at radius 2 is 1.74 bits per heavy atom. The van der Waals surface area contributed by atoms with Crippen LogP contribution < -0.4 is 10.6 Å². The second-order valence-corrected chi connectivity index (χ2v) is 10.6. The molecular weight excluding hydrogens is 485 g/mol. The minimum absolute atomic E-state index is 0.0459. The molecule has 4 aromatic rings. The number of nitrogens with one attached hydrogen (secondary N) is 2. The van der Waals surface area contributed by atoms with Gasteiger partial charge in [0, 0.05) is 34.9 Å². The van der Waals surface area contributed by atoms with Gasteiger partial charge in [0.2, 0.25) is 0 Å². The number of aromatic nitrogens is 5. The SMILES string of the molecule is Cc1cc(-c2cc(Nc3cc(F)c(C(C)C)cn3)ncn2)ccc1[C@@H](C)NC(=O)c1nc(C(C)(C)C)no1. The van der Waals surface area contributed by atoms with Crippen LogP contribution in [0.25, 0.3) is 11.3 Å². The van der Waals surface area contributed by atoms with Crippen molar-refractivity contribution in [3.05, 3.63) is 77.1 Å². The minimum Gasteiger partial charge on any atom is -0.341 e. The van der Waals surface area contributed by atoms with E-state index in [1.165, 1.54) is 18.6 Å². The summed E-state index contributed by atoms with van der Waals surface area (Å²) < 4.78 is 19.5. The van der Waals surface area contributed by atoms with Crippen LogP contribution in [0.15, 0.2) is 47.4 Å². The molecule has 0 aliphatic rings. The first kappa shape index (κ1) is 26.8. The van der Waals surface area contributed by atoms with E-state index >= 15 is 0 Å². The Bertz CT molecular complexity index is 1460. The predicted octanol–water partition coefficient (Wildman–Crippen LogP) is 6.02. The molecule has 0 unspecified atom stereocenters. The summed E-state index contributed by atoms with van der Waals surface area (Å²) in [4.78, 5) is 29.8. The molecule has 0 fully saturated rings. The van der Waals surface area contributed by atoms with Crippen LogP contribution in [-0.4, -0.2) is 31.0 Å². The summed E-state index contributed by atoms with van der Waals surface area (Å²) >= 11 is 0. The summed E-state index contributed by atoms with van der Waals surface area (Å²) in [5.41, 5.74) is 3.71. The zero-order chi connectivity index (χ0) is 27.6. The number of amides is 1. The Labute approximate surface area is 221 Å². The molecule has 4 rings (SSSR count). The van der Waals surface area contributed by atoms with Gasteiger partial charge in [-0.1, -0.05) is 51.9 Å². The van der Waals surface area contributed by atoms with Gasteiger partial charge >= 0.3 is 11.8 Å². The molecule has 198 valence electrons. The molecule has 3 heterocycles. The van der Waals surface area contributed by atoms with Crippen LogP contribution in [-0.2, 0) is 5.41 Å². The fourth-order valence-corrected chi connectivity index (χ4v) is 3.93. The molecule has 1 atom stereocenters. The van der Waals surface area contributed by atoms with Gasteiger partial charge in [0.25, 0.3) is 0 Å². The largest absolute Gasteiger partial charge is 0.341 e. The number of anilines is 2. The highest BCUT2D eigenvalue weighted by molar-refractivity contribution is 5.89. The van der Waals surface area contributed by atoms with E-state index in [4.69, 9.17) is 4.52 Å². The standard InChI is InChI=1S/C28H32FN7O2/c1-15(2)20-13-30-23(11-21(20)29)34-24-12-22(31-14-32-24)18-8-9-19(16(3)10-18)17(4)33-25(37)26-35-27(36-38-26)28(5,6)7/h8-15,17H,1-7H3,(H,33,37)(H,30,31,32,34)/t17-/m1/s1. The van der Waals surface area contributed by atoms with Crippen molar-refractivity contribution in [2.24, 2.45) is 0 Å². The van der Waals surface area contributed by atoms with Crippen LogP contribution in [0.5, 0.6) is 0 Å². The summed E-state index contributed by atoms with van der Waals surface area (Å²) in [5.74, 6) is 0.576. The average Bonchev–Trinajstić information content (AvgIpc) is 3.35. The van der Waals surface area contributed by atoms with Crippen molar-refractivity contribution in [1.82, 2.24) is 30.4 Å². The molecule has 2 N–H and O–H groups in total. The smallest absolute Gasteiger partial charge is 0.315 e. The lowest BCUT2D eigenvalue weighted by Crippen LogP contribution is -2.27. The summed E-state index contributed by atoms with van der Waals surface area (Å²) in [6.07, 6.45) is 2.98. The lowest BCUT2D eigenvalue weighted by Gasteiger charge is -2.16. The number of halogens is 1. The van der Waals surface area contributed by atoms with Crippen LogP contribution in [0.4, 0.5) is 16.0 Å². The van der Waals surface area contributed by atoms with Gasteiger partial charge in [-0.15, -0.1) is 0 Å². The number of benzene rings is 1. The highest BCUT2D eigenvalue weighted by atomic mass is 19.1. The van der Waals surface area contributed by atoms with Crippen LogP contribution >= 0.6 is 0 Å². The van der Waals surface area contributed by atoms with Gasteiger partial charge in [0.15, 0.2) is 5.82 Å². The van der Waals surface area contributed by atoms with Crippen molar-refractivity contribution in [1.29, 1.82) is 0 Å². The zero-order valence-electron chi connectivity index (χ0n) is 22.6. The maximum atomic E-state index is 14.4. The maximum absolute atomic E-state index is 14.4.